The lowest BCUT2D eigenvalue weighted by Crippen LogP contribution is -2.39. The molecule has 37 heavy (non-hydrogen) atoms. The molecule has 0 aliphatic carbocycles. The third-order valence-corrected chi connectivity index (χ3v) is 7.41. The van der Waals surface area contributed by atoms with Crippen molar-refractivity contribution in [3.63, 3.8) is 0 Å². The van der Waals surface area contributed by atoms with Crippen molar-refractivity contribution in [3.8, 4) is 0 Å². The van der Waals surface area contributed by atoms with Gasteiger partial charge in [0.2, 0.25) is 0 Å². The molecular weight excluding hydrogens is 479 g/mol. The van der Waals surface area contributed by atoms with Crippen LogP contribution in [0.3, 0.4) is 0 Å². The number of halogens is 1. The van der Waals surface area contributed by atoms with Gasteiger partial charge in [-0.25, -0.2) is 14.2 Å². The Balaban J connectivity index is 1.21. The van der Waals surface area contributed by atoms with Crippen molar-refractivity contribution in [1.82, 2.24) is 30.2 Å². The molecule has 0 saturated carbocycles. The third kappa shape index (κ3) is 5.37. The van der Waals surface area contributed by atoms with E-state index in [9.17, 15) is 14.0 Å². The van der Waals surface area contributed by atoms with Gasteiger partial charge >= 0.3 is 6.09 Å². The summed E-state index contributed by atoms with van der Waals surface area (Å²) >= 11 is 0. The Labute approximate surface area is 214 Å². The van der Waals surface area contributed by atoms with Gasteiger partial charge in [-0.15, -0.1) is 0 Å². The van der Waals surface area contributed by atoms with E-state index in [-0.39, 0.29) is 17.3 Å². The molecule has 1 aromatic carbocycles. The Hall–Kier alpha value is -3.31. The average Bonchev–Trinajstić information content (AvgIpc) is 3.31. The molecule has 198 valence electrons. The molecule has 1 atom stereocenters. The van der Waals surface area contributed by atoms with Gasteiger partial charge in [-0.2, -0.15) is 0 Å². The normalized spacial score (nSPS) is 18.6. The van der Waals surface area contributed by atoms with Crippen LogP contribution in [-0.4, -0.2) is 59.1 Å². The van der Waals surface area contributed by atoms with E-state index < -0.39 is 12.2 Å². The van der Waals surface area contributed by atoms with Crippen LogP contribution in [0.5, 0.6) is 0 Å². The summed E-state index contributed by atoms with van der Waals surface area (Å²) in [7, 11) is 1.73. The number of hydrogen-bond donors (Lipinski definition) is 2. The molecule has 3 aromatic rings. The Kier molecular flexibility index (Phi) is 7.52. The SMILES string of the molecule is CNCNC(=O)OC1CCCn2c1nc(C)c(CCN1CCC(c3noc4cc(F)ccc34)CC1)c2=O. The van der Waals surface area contributed by atoms with E-state index in [0.717, 1.165) is 55.5 Å². The third-order valence-electron chi connectivity index (χ3n) is 7.41. The predicted octanol–water partition coefficient (Wildman–Crippen LogP) is 2.99. The molecule has 2 aliphatic rings. The van der Waals surface area contributed by atoms with Crippen LogP contribution in [0.4, 0.5) is 9.18 Å². The van der Waals surface area contributed by atoms with E-state index in [1.165, 1.54) is 12.1 Å². The highest BCUT2D eigenvalue weighted by atomic mass is 19.1. The number of amides is 1. The van der Waals surface area contributed by atoms with Gasteiger partial charge in [-0.1, -0.05) is 5.16 Å². The zero-order valence-electron chi connectivity index (χ0n) is 21.3. The largest absolute Gasteiger partial charge is 0.438 e. The van der Waals surface area contributed by atoms with E-state index in [1.807, 2.05) is 6.92 Å². The van der Waals surface area contributed by atoms with Crippen molar-refractivity contribution in [2.24, 2.45) is 0 Å². The van der Waals surface area contributed by atoms with Crippen molar-refractivity contribution < 1.29 is 18.4 Å². The maximum absolute atomic E-state index is 13.5. The predicted molar refractivity (Wildman–Crippen MR) is 135 cm³/mol. The number of likely N-dealkylation sites (tertiary alicyclic amines) is 1. The van der Waals surface area contributed by atoms with Crippen LogP contribution in [0.25, 0.3) is 11.0 Å². The van der Waals surface area contributed by atoms with Crippen molar-refractivity contribution in [1.29, 1.82) is 0 Å². The number of nitrogens with one attached hydrogen (secondary N) is 2. The topological polar surface area (TPSA) is 115 Å². The summed E-state index contributed by atoms with van der Waals surface area (Å²) < 4.78 is 26.0. The molecular formula is C26H33FN6O4. The molecule has 11 heteroatoms. The first-order valence-electron chi connectivity index (χ1n) is 12.9. The van der Waals surface area contributed by atoms with Gasteiger partial charge in [0.05, 0.1) is 12.4 Å². The Morgan fingerprint density at radius 1 is 1.24 bits per heavy atom. The maximum atomic E-state index is 13.5. The average molecular weight is 513 g/mol. The zero-order valence-corrected chi connectivity index (χ0v) is 21.3. The van der Waals surface area contributed by atoms with E-state index in [1.54, 1.807) is 17.7 Å². The van der Waals surface area contributed by atoms with Crippen LogP contribution >= 0.6 is 0 Å². The summed E-state index contributed by atoms with van der Waals surface area (Å²) in [6.45, 7) is 5.27. The summed E-state index contributed by atoms with van der Waals surface area (Å²) in [5.41, 5.74) is 2.76. The number of carbonyl (C=O) groups excluding carboxylic acids is 1. The number of hydrogen-bond acceptors (Lipinski definition) is 8. The first kappa shape index (κ1) is 25.3. The smallest absolute Gasteiger partial charge is 0.408 e. The molecule has 10 nitrogen and oxygen atoms in total. The summed E-state index contributed by atoms with van der Waals surface area (Å²) in [4.78, 5) is 32.5. The van der Waals surface area contributed by atoms with Crippen LogP contribution in [-0.2, 0) is 17.7 Å². The van der Waals surface area contributed by atoms with E-state index >= 15 is 0 Å². The minimum atomic E-state index is -0.533. The highest BCUT2D eigenvalue weighted by Gasteiger charge is 2.29. The standard InChI is InChI=1S/C26H33FN6O4/c1-16-19(25(34)33-10-3-4-21(24(33)30-16)36-26(35)29-15-28-2)9-13-32-11-7-17(8-12-32)23-20-6-5-18(27)14-22(20)37-31-23/h5-6,14,17,21,28H,3-4,7-13,15H2,1-2H3,(H,29,35). The second-order valence-electron chi connectivity index (χ2n) is 9.81. The number of rotatable bonds is 7. The highest BCUT2D eigenvalue weighted by molar-refractivity contribution is 5.79. The number of benzene rings is 1. The van der Waals surface area contributed by atoms with E-state index in [2.05, 4.69) is 20.7 Å². The van der Waals surface area contributed by atoms with Gasteiger partial charge < -0.3 is 24.8 Å². The Morgan fingerprint density at radius 2 is 2.05 bits per heavy atom. The summed E-state index contributed by atoms with van der Waals surface area (Å²) in [5, 5.41) is 10.6. The monoisotopic (exact) mass is 512 g/mol. The summed E-state index contributed by atoms with van der Waals surface area (Å²) in [6, 6.07) is 4.56. The number of fused-ring (bicyclic) bond motifs is 2. The fourth-order valence-corrected chi connectivity index (χ4v) is 5.40. The second kappa shape index (κ2) is 11.0. The molecule has 1 saturated heterocycles. The summed E-state index contributed by atoms with van der Waals surface area (Å²) in [5.74, 6) is 0.464. The number of carbonyl (C=O) groups is 1. The zero-order chi connectivity index (χ0) is 25.9. The molecule has 1 amide bonds. The number of nitrogens with zero attached hydrogens (tertiary/aromatic N) is 4. The molecule has 2 aromatic heterocycles. The number of aryl methyl sites for hydroxylation is 1. The second-order valence-corrected chi connectivity index (χ2v) is 9.81. The van der Waals surface area contributed by atoms with Gasteiger partial charge in [0.1, 0.15) is 5.82 Å². The van der Waals surface area contributed by atoms with Gasteiger partial charge in [0.15, 0.2) is 17.5 Å². The lowest BCUT2D eigenvalue weighted by Gasteiger charge is -2.31. The molecule has 0 spiro atoms. The fourth-order valence-electron chi connectivity index (χ4n) is 5.40. The number of piperidine rings is 1. The lowest BCUT2D eigenvalue weighted by atomic mass is 9.91. The Morgan fingerprint density at radius 3 is 2.84 bits per heavy atom. The van der Waals surface area contributed by atoms with Crippen LogP contribution in [0.2, 0.25) is 0 Å². The first-order chi connectivity index (χ1) is 17.9. The molecule has 2 aliphatic heterocycles. The van der Waals surface area contributed by atoms with Crippen LogP contribution in [0.15, 0.2) is 27.5 Å². The molecule has 1 unspecified atom stereocenters. The highest BCUT2D eigenvalue weighted by Crippen LogP contribution is 2.33. The maximum Gasteiger partial charge on any atom is 0.408 e. The summed E-state index contributed by atoms with van der Waals surface area (Å²) in [6.07, 6.45) is 2.79. The van der Waals surface area contributed by atoms with Crippen molar-refractivity contribution in [2.75, 3.05) is 33.4 Å². The molecule has 0 bridgehead atoms. The minimum Gasteiger partial charge on any atom is -0.438 e. The number of ether oxygens (including phenoxy) is 1. The van der Waals surface area contributed by atoms with Gasteiger partial charge in [-0.3, -0.25) is 9.36 Å². The van der Waals surface area contributed by atoms with Crippen LogP contribution < -0.4 is 16.2 Å². The number of aromatic nitrogens is 3. The minimum absolute atomic E-state index is 0.0392. The lowest BCUT2D eigenvalue weighted by molar-refractivity contribution is 0.0738. The molecule has 5 rings (SSSR count). The molecule has 1 fully saturated rings. The van der Waals surface area contributed by atoms with Crippen molar-refractivity contribution in [2.45, 2.75) is 57.6 Å². The van der Waals surface area contributed by atoms with Gasteiger partial charge in [0.25, 0.3) is 5.56 Å². The Bertz CT molecular complexity index is 1330. The van der Waals surface area contributed by atoms with Crippen LogP contribution in [0, 0.1) is 12.7 Å². The molecule has 2 N–H and O–H groups in total. The van der Waals surface area contributed by atoms with Crippen molar-refractivity contribution >= 4 is 17.1 Å². The number of alkyl carbamates (subject to hydrolysis) is 1. The fraction of sp³-hybridized carbons (Fsp3) is 0.538. The van der Waals surface area contributed by atoms with E-state index in [4.69, 9.17) is 14.2 Å². The van der Waals surface area contributed by atoms with E-state index in [0.29, 0.717) is 43.2 Å². The van der Waals surface area contributed by atoms with Gasteiger partial charge in [0, 0.05) is 41.7 Å². The quantitative estimate of drug-likeness (QED) is 0.465. The van der Waals surface area contributed by atoms with Gasteiger partial charge in [-0.05, 0) is 71.3 Å². The molecule has 0 radical (unpaired) electrons. The molecule has 4 heterocycles. The van der Waals surface area contributed by atoms with Crippen molar-refractivity contribution in [3.05, 3.63) is 57.1 Å². The van der Waals surface area contributed by atoms with Crippen LogP contribution in [0.1, 0.15) is 60.5 Å². The first-order valence-corrected chi connectivity index (χ1v) is 12.9.